The van der Waals surface area contributed by atoms with Crippen LogP contribution in [0.2, 0.25) is 5.02 Å². The molecule has 5 rings (SSSR count). The van der Waals surface area contributed by atoms with E-state index in [2.05, 4.69) is 4.98 Å². The van der Waals surface area contributed by atoms with Gasteiger partial charge >= 0.3 is 4.87 Å². The van der Waals surface area contributed by atoms with Crippen molar-refractivity contribution in [3.8, 4) is 5.75 Å². The number of carbonyl (C=O) groups excluding carboxylic acids is 2. The summed E-state index contributed by atoms with van der Waals surface area (Å²) in [6, 6.07) is 14.0. The molecule has 1 N–H and O–H groups in total. The summed E-state index contributed by atoms with van der Waals surface area (Å²) in [5, 5.41) is 0.624. The molecule has 1 saturated heterocycles. The number of hydrogen-bond donors (Lipinski definition) is 1. The lowest BCUT2D eigenvalue weighted by atomic mass is 9.83. The van der Waals surface area contributed by atoms with E-state index in [1.165, 1.54) is 16.7 Å². The second kappa shape index (κ2) is 7.30. The van der Waals surface area contributed by atoms with E-state index in [0.29, 0.717) is 21.5 Å². The van der Waals surface area contributed by atoms with Gasteiger partial charge in [-0.3, -0.25) is 14.4 Å². The Morgan fingerprint density at radius 1 is 1.00 bits per heavy atom. The summed E-state index contributed by atoms with van der Waals surface area (Å²) < 4.78 is 5.17. The van der Waals surface area contributed by atoms with Crippen LogP contribution in [-0.2, 0) is 9.59 Å². The molecule has 0 saturated carbocycles. The van der Waals surface area contributed by atoms with Crippen molar-refractivity contribution in [3.05, 3.63) is 73.7 Å². The van der Waals surface area contributed by atoms with Crippen LogP contribution in [0.4, 0.5) is 5.69 Å². The first-order valence-electron chi connectivity index (χ1n) is 9.15. The van der Waals surface area contributed by atoms with E-state index < -0.39 is 17.1 Å². The van der Waals surface area contributed by atoms with Crippen molar-refractivity contribution < 1.29 is 14.3 Å². The van der Waals surface area contributed by atoms with Crippen LogP contribution in [0, 0.1) is 5.92 Å². The van der Waals surface area contributed by atoms with Gasteiger partial charge in [0.05, 0.1) is 23.7 Å². The molecule has 0 aliphatic carbocycles. The average molecular weight is 459 g/mol. The molecule has 2 amide bonds. The van der Waals surface area contributed by atoms with Crippen molar-refractivity contribution >= 4 is 52.2 Å². The number of methoxy groups -OCH3 is 1. The maximum absolute atomic E-state index is 13.5. The monoisotopic (exact) mass is 458 g/mol. The second-order valence-electron chi connectivity index (χ2n) is 7.01. The number of imide groups is 1. The number of carbonyl (C=O) groups is 2. The minimum absolute atomic E-state index is 0.196. The van der Waals surface area contributed by atoms with Crippen LogP contribution in [0.1, 0.15) is 16.4 Å². The zero-order chi connectivity index (χ0) is 21.0. The lowest BCUT2D eigenvalue weighted by Gasteiger charge is -2.29. The van der Waals surface area contributed by atoms with Gasteiger partial charge in [0.1, 0.15) is 11.0 Å². The largest absolute Gasteiger partial charge is 0.497 e. The van der Waals surface area contributed by atoms with Crippen LogP contribution in [0.15, 0.2) is 58.4 Å². The molecule has 9 heteroatoms. The minimum Gasteiger partial charge on any atom is -0.497 e. The summed E-state index contributed by atoms with van der Waals surface area (Å²) in [6.07, 6.45) is 0. The third-order valence-corrected chi connectivity index (χ3v) is 8.04. The average Bonchev–Trinajstić information content (AvgIpc) is 3.24. The lowest BCUT2D eigenvalue weighted by molar-refractivity contribution is -0.122. The zero-order valence-corrected chi connectivity index (χ0v) is 18.0. The molecule has 0 bridgehead atoms. The van der Waals surface area contributed by atoms with Gasteiger partial charge < -0.3 is 9.72 Å². The fourth-order valence-corrected chi connectivity index (χ4v) is 6.67. The summed E-state index contributed by atoms with van der Waals surface area (Å²) in [5.41, 5.74) is 1.36. The number of aromatic amines is 1. The van der Waals surface area contributed by atoms with E-state index in [1.54, 1.807) is 43.5 Å². The number of hydrogen-bond acceptors (Lipinski definition) is 6. The van der Waals surface area contributed by atoms with Crippen molar-refractivity contribution in [1.29, 1.82) is 0 Å². The van der Waals surface area contributed by atoms with Crippen molar-refractivity contribution in [1.82, 2.24) is 4.98 Å². The van der Waals surface area contributed by atoms with E-state index in [1.807, 2.05) is 12.1 Å². The number of anilines is 1. The van der Waals surface area contributed by atoms with E-state index in [9.17, 15) is 14.4 Å². The first-order chi connectivity index (χ1) is 14.5. The normalized spacial score (nSPS) is 22.7. The number of aromatic nitrogens is 1. The maximum Gasteiger partial charge on any atom is 0.305 e. The van der Waals surface area contributed by atoms with Gasteiger partial charge in [0.2, 0.25) is 11.8 Å². The van der Waals surface area contributed by atoms with Crippen LogP contribution < -0.4 is 14.5 Å². The fraction of sp³-hybridized carbons (Fsp3) is 0.190. The number of amides is 2. The van der Waals surface area contributed by atoms with Crippen molar-refractivity contribution in [2.75, 3.05) is 12.0 Å². The Morgan fingerprint density at radius 2 is 1.70 bits per heavy atom. The summed E-state index contributed by atoms with van der Waals surface area (Å²) >= 11 is 8.40. The number of H-pyrrole nitrogens is 1. The van der Waals surface area contributed by atoms with Crippen molar-refractivity contribution in [3.63, 3.8) is 0 Å². The first kappa shape index (κ1) is 19.4. The number of nitrogens with zero attached hydrogens (tertiary/aromatic N) is 1. The smallest absolute Gasteiger partial charge is 0.305 e. The highest BCUT2D eigenvalue weighted by Gasteiger charge is 2.56. The third kappa shape index (κ3) is 2.98. The van der Waals surface area contributed by atoms with Gasteiger partial charge in [-0.2, -0.15) is 0 Å². The summed E-state index contributed by atoms with van der Waals surface area (Å²) in [5.74, 6) is -0.911. The number of thioether (sulfide) groups is 1. The van der Waals surface area contributed by atoms with Gasteiger partial charge in [-0.15, -0.1) is 0 Å². The number of benzene rings is 2. The van der Waals surface area contributed by atoms with Crippen LogP contribution >= 0.6 is 34.7 Å². The molecule has 3 aromatic rings. The predicted molar refractivity (Wildman–Crippen MR) is 117 cm³/mol. The van der Waals surface area contributed by atoms with Gasteiger partial charge in [-0.1, -0.05) is 46.8 Å². The molecule has 1 fully saturated rings. The number of halogens is 1. The van der Waals surface area contributed by atoms with Crippen LogP contribution in [0.25, 0.3) is 0 Å². The highest BCUT2D eigenvalue weighted by atomic mass is 35.5. The van der Waals surface area contributed by atoms with Crippen LogP contribution in [0.3, 0.4) is 0 Å². The summed E-state index contributed by atoms with van der Waals surface area (Å²) in [4.78, 5) is 43.5. The fourth-order valence-electron chi connectivity index (χ4n) is 4.03. The van der Waals surface area contributed by atoms with E-state index in [4.69, 9.17) is 16.3 Å². The Bertz CT molecular complexity index is 1200. The molecule has 0 radical (unpaired) electrons. The minimum atomic E-state index is -0.613. The van der Waals surface area contributed by atoms with E-state index in [0.717, 1.165) is 21.8 Å². The quantitative estimate of drug-likeness (QED) is 0.602. The maximum atomic E-state index is 13.5. The first-order valence-corrected chi connectivity index (χ1v) is 11.2. The number of ether oxygens (including phenoxy) is 1. The second-order valence-corrected chi connectivity index (χ2v) is 9.61. The van der Waals surface area contributed by atoms with Crippen LogP contribution in [-0.4, -0.2) is 29.2 Å². The van der Waals surface area contributed by atoms with Gasteiger partial charge in [0.25, 0.3) is 0 Å². The Hall–Kier alpha value is -2.55. The molecule has 152 valence electrons. The molecule has 30 heavy (non-hydrogen) atoms. The Labute approximate surface area is 184 Å². The summed E-state index contributed by atoms with van der Waals surface area (Å²) in [7, 11) is 1.56. The highest BCUT2D eigenvalue weighted by Crippen LogP contribution is 2.53. The molecule has 2 aliphatic heterocycles. The summed E-state index contributed by atoms with van der Waals surface area (Å²) in [6.45, 7) is 0. The standard InChI is InChI=1S/C21H15ClN2O4S2/c1-28-13-8-6-12(7-9-13)24-19(25)15-14(10-2-4-11(22)5-3-10)16-18(23-21(27)30-16)29-17(15)20(24)26/h2-9,14-15,17H,1H3,(H,23,27). The van der Waals surface area contributed by atoms with Crippen molar-refractivity contribution in [2.24, 2.45) is 5.92 Å². The molecule has 3 atom stereocenters. The molecule has 6 nitrogen and oxygen atoms in total. The molecule has 3 unspecified atom stereocenters. The molecule has 2 aliphatic rings. The van der Waals surface area contributed by atoms with Gasteiger partial charge in [-0.25, -0.2) is 4.90 Å². The molecular formula is C21H15ClN2O4S2. The zero-order valence-electron chi connectivity index (χ0n) is 15.6. The van der Waals surface area contributed by atoms with Gasteiger partial charge in [0.15, 0.2) is 0 Å². The SMILES string of the molecule is COc1ccc(N2C(=O)C3Sc4[nH]c(=O)sc4C(c4ccc(Cl)cc4)C3C2=O)cc1. The number of nitrogens with one attached hydrogen (secondary N) is 1. The molecule has 0 spiro atoms. The van der Waals surface area contributed by atoms with Gasteiger partial charge in [-0.05, 0) is 42.0 Å². The topological polar surface area (TPSA) is 79.5 Å². The number of thiazole rings is 1. The number of rotatable bonds is 3. The van der Waals surface area contributed by atoms with Gasteiger partial charge in [0, 0.05) is 15.8 Å². The Kier molecular flexibility index (Phi) is 4.72. The molecule has 2 aromatic carbocycles. The molecule has 3 heterocycles. The van der Waals surface area contributed by atoms with E-state index in [-0.39, 0.29) is 16.7 Å². The molecular weight excluding hydrogens is 444 g/mol. The lowest BCUT2D eigenvalue weighted by Crippen LogP contribution is -2.32. The third-order valence-electron chi connectivity index (χ3n) is 5.38. The highest BCUT2D eigenvalue weighted by molar-refractivity contribution is 8.00. The Balaban J connectivity index is 1.62. The predicted octanol–water partition coefficient (Wildman–Crippen LogP) is 3.89. The Morgan fingerprint density at radius 3 is 2.37 bits per heavy atom. The molecule has 1 aromatic heterocycles. The van der Waals surface area contributed by atoms with Crippen LogP contribution in [0.5, 0.6) is 5.75 Å². The van der Waals surface area contributed by atoms with E-state index >= 15 is 0 Å². The van der Waals surface area contributed by atoms with Crippen molar-refractivity contribution in [2.45, 2.75) is 16.2 Å². The number of fused-ring (bicyclic) bond motifs is 2.